The monoisotopic (exact) mass is 278 g/mol. The van der Waals surface area contributed by atoms with Gasteiger partial charge in [0.05, 0.1) is 6.42 Å². The van der Waals surface area contributed by atoms with Crippen molar-refractivity contribution in [3.05, 3.63) is 29.8 Å². The predicted molar refractivity (Wildman–Crippen MR) is 80.7 cm³/mol. The van der Waals surface area contributed by atoms with Gasteiger partial charge in [-0.15, -0.1) is 12.6 Å². The Bertz CT molecular complexity index is 419. The summed E-state index contributed by atoms with van der Waals surface area (Å²) in [7, 11) is 0. The van der Waals surface area contributed by atoms with Crippen LogP contribution in [0, 0.1) is 0 Å². The highest BCUT2D eigenvalue weighted by Gasteiger charge is 2.22. The molecule has 0 saturated carbocycles. The number of amides is 1. The summed E-state index contributed by atoms with van der Waals surface area (Å²) in [4.78, 5) is 15.3. The predicted octanol–water partition coefficient (Wildman–Crippen LogP) is 2.12. The van der Waals surface area contributed by atoms with E-state index in [1.165, 1.54) is 19.4 Å². The van der Waals surface area contributed by atoms with Crippen LogP contribution in [-0.4, -0.2) is 36.5 Å². The lowest BCUT2D eigenvalue weighted by atomic mass is 10.1. The van der Waals surface area contributed by atoms with Crippen LogP contribution < -0.4 is 5.32 Å². The van der Waals surface area contributed by atoms with E-state index in [-0.39, 0.29) is 5.91 Å². The zero-order chi connectivity index (χ0) is 13.7. The molecule has 0 spiro atoms. The summed E-state index contributed by atoms with van der Waals surface area (Å²) in [6, 6.07) is 8.27. The first-order valence-corrected chi connectivity index (χ1v) is 7.42. The highest BCUT2D eigenvalue weighted by molar-refractivity contribution is 7.80. The zero-order valence-electron chi connectivity index (χ0n) is 11.4. The van der Waals surface area contributed by atoms with Gasteiger partial charge in [0.25, 0.3) is 0 Å². The van der Waals surface area contributed by atoms with Crippen LogP contribution in [0.25, 0.3) is 0 Å². The molecule has 4 heteroatoms. The van der Waals surface area contributed by atoms with Crippen LogP contribution in [-0.2, 0) is 11.2 Å². The highest BCUT2D eigenvalue weighted by Crippen LogP contribution is 2.15. The SMILES string of the molecule is CCN1CCCC1CNC(=O)Cc1ccc(S)cc1. The van der Waals surface area contributed by atoms with Crippen molar-refractivity contribution in [1.82, 2.24) is 10.2 Å². The molecule has 1 saturated heterocycles. The number of nitrogens with zero attached hydrogens (tertiary/aromatic N) is 1. The van der Waals surface area contributed by atoms with Gasteiger partial charge in [-0.2, -0.15) is 0 Å². The van der Waals surface area contributed by atoms with Crippen LogP contribution >= 0.6 is 12.6 Å². The van der Waals surface area contributed by atoms with Gasteiger partial charge in [-0.3, -0.25) is 9.69 Å². The Kier molecular flexibility index (Phi) is 5.28. The fourth-order valence-corrected chi connectivity index (χ4v) is 2.79. The molecule has 2 rings (SSSR count). The summed E-state index contributed by atoms with van der Waals surface area (Å²) < 4.78 is 0. The number of hydrogen-bond acceptors (Lipinski definition) is 3. The second-order valence-electron chi connectivity index (χ2n) is 5.07. The molecule has 1 aromatic rings. The summed E-state index contributed by atoms with van der Waals surface area (Å²) in [5.74, 6) is 0.106. The van der Waals surface area contributed by atoms with Crippen molar-refractivity contribution in [3.63, 3.8) is 0 Å². The lowest BCUT2D eigenvalue weighted by Gasteiger charge is -2.22. The molecule has 1 aromatic carbocycles. The second-order valence-corrected chi connectivity index (χ2v) is 5.59. The molecule has 1 atom stereocenters. The minimum atomic E-state index is 0.106. The molecule has 1 unspecified atom stereocenters. The van der Waals surface area contributed by atoms with Gasteiger partial charge in [-0.05, 0) is 43.6 Å². The van der Waals surface area contributed by atoms with E-state index in [9.17, 15) is 4.79 Å². The van der Waals surface area contributed by atoms with E-state index in [0.29, 0.717) is 12.5 Å². The summed E-state index contributed by atoms with van der Waals surface area (Å²) in [5.41, 5.74) is 1.04. The normalized spacial score (nSPS) is 19.6. The molecule has 0 bridgehead atoms. The van der Waals surface area contributed by atoms with Gasteiger partial charge in [-0.25, -0.2) is 0 Å². The van der Waals surface area contributed by atoms with Crippen LogP contribution in [0.3, 0.4) is 0 Å². The minimum absolute atomic E-state index is 0.106. The van der Waals surface area contributed by atoms with Crippen molar-refractivity contribution >= 4 is 18.5 Å². The lowest BCUT2D eigenvalue weighted by Crippen LogP contribution is -2.40. The number of carbonyl (C=O) groups excluding carboxylic acids is 1. The standard InChI is InChI=1S/C15H22N2OS/c1-2-17-9-3-4-13(17)11-16-15(18)10-12-5-7-14(19)8-6-12/h5-8,13,19H,2-4,9-11H2,1H3,(H,16,18). The Morgan fingerprint density at radius 2 is 2.16 bits per heavy atom. The average molecular weight is 278 g/mol. The Labute approximate surface area is 120 Å². The first-order valence-electron chi connectivity index (χ1n) is 6.97. The highest BCUT2D eigenvalue weighted by atomic mass is 32.1. The third-order valence-corrected chi connectivity index (χ3v) is 4.04. The van der Waals surface area contributed by atoms with Gasteiger partial charge in [0.1, 0.15) is 0 Å². The molecular formula is C15H22N2OS. The number of rotatable bonds is 5. The molecule has 1 N–H and O–H groups in total. The Balaban J connectivity index is 1.77. The maximum atomic E-state index is 11.9. The first kappa shape index (κ1) is 14.4. The molecule has 19 heavy (non-hydrogen) atoms. The molecule has 1 fully saturated rings. The number of hydrogen-bond donors (Lipinski definition) is 2. The topological polar surface area (TPSA) is 32.3 Å². The number of nitrogens with one attached hydrogen (secondary N) is 1. The van der Waals surface area contributed by atoms with E-state index in [2.05, 4.69) is 29.8 Å². The van der Waals surface area contributed by atoms with Gasteiger partial charge in [0.2, 0.25) is 5.91 Å². The number of carbonyl (C=O) groups is 1. The average Bonchev–Trinajstić information content (AvgIpc) is 2.86. The maximum absolute atomic E-state index is 11.9. The molecule has 104 valence electrons. The summed E-state index contributed by atoms with van der Waals surface area (Å²) in [5, 5.41) is 3.05. The second kappa shape index (κ2) is 6.96. The van der Waals surface area contributed by atoms with E-state index < -0.39 is 0 Å². The van der Waals surface area contributed by atoms with Crippen LogP contribution in [0.5, 0.6) is 0 Å². The molecular weight excluding hydrogens is 256 g/mol. The Hall–Kier alpha value is -1.00. The zero-order valence-corrected chi connectivity index (χ0v) is 12.3. The third-order valence-electron chi connectivity index (χ3n) is 3.74. The number of likely N-dealkylation sites (tertiary alicyclic amines) is 1. The molecule has 1 heterocycles. The van der Waals surface area contributed by atoms with E-state index in [1.807, 2.05) is 24.3 Å². The third kappa shape index (κ3) is 4.25. The van der Waals surface area contributed by atoms with Crippen LogP contribution in [0.1, 0.15) is 25.3 Å². The molecule has 0 aliphatic carbocycles. The van der Waals surface area contributed by atoms with Gasteiger partial charge in [0.15, 0.2) is 0 Å². The van der Waals surface area contributed by atoms with Crippen molar-refractivity contribution < 1.29 is 4.79 Å². The fourth-order valence-electron chi connectivity index (χ4n) is 2.64. The van der Waals surface area contributed by atoms with Gasteiger partial charge in [0, 0.05) is 17.5 Å². The van der Waals surface area contributed by atoms with Crippen molar-refractivity contribution in [3.8, 4) is 0 Å². The van der Waals surface area contributed by atoms with Crippen LogP contribution in [0.15, 0.2) is 29.2 Å². The quantitative estimate of drug-likeness (QED) is 0.809. The van der Waals surface area contributed by atoms with Gasteiger partial charge in [-0.1, -0.05) is 19.1 Å². The lowest BCUT2D eigenvalue weighted by molar-refractivity contribution is -0.120. The summed E-state index contributed by atoms with van der Waals surface area (Å²) >= 11 is 4.24. The minimum Gasteiger partial charge on any atom is -0.354 e. The number of benzene rings is 1. The van der Waals surface area contributed by atoms with Crippen LogP contribution in [0.4, 0.5) is 0 Å². The van der Waals surface area contributed by atoms with Crippen molar-refractivity contribution in [2.45, 2.75) is 37.1 Å². The van der Waals surface area contributed by atoms with Gasteiger partial charge >= 0.3 is 0 Å². The number of likely N-dealkylation sites (N-methyl/N-ethyl adjacent to an activating group) is 1. The van der Waals surface area contributed by atoms with E-state index in [4.69, 9.17) is 0 Å². The molecule has 1 aliphatic rings. The molecule has 3 nitrogen and oxygen atoms in total. The molecule has 1 aliphatic heterocycles. The van der Waals surface area contributed by atoms with E-state index in [0.717, 1.165) is 23.5 Å². The van der Waals surface area contributed by atoms with Crippen molar-refractivity contribution in [2.24, 2.45) is 0 Å². The maximum Gasteiger partial charge on any atom is 0.224 e. The van der Waals surface area contributed by atoms with Gasteiger partial charge < -0.3 is 5.32 Å². The molecule has 0 aromatic heterocycles. The van der Waals surface area contributed by atoms with E-state index in [1.54, 1.807) is 0 Å². The Morgan fingerprint density at radius 3 is 2.84 bits per heavy atom. The smallest absolute Gasteiger partial charge is 0.224 e. The summed E-state index contributed by atoms with van der Waals surface area (Å²) in [6.45, 7) is 5.20. The summed E-state index contributed by atoms with van der Waals surface area (Å²) in [6.07, 6.45) is 2.90. The Morgan fingerprint density at radius 1 is 1.42 bits per heavy atom. The number of thiol groups is 1. The van der Waals surface area contributed by atoms with Crippen molar-refractivity contribution in [1.29, 1.82) is 0 Å². The largest absolute Gasteiger partial charge is 0.354 e. The first-order chi connectivity index (χ1) is 9.19. The van der Waals surface area contributed by atoms with Crippen molar-refractivity contribution in [2.75, 3.05) is 19.6 Å². The molecule has 0 radical (unpaired) electrons. The fraction of sp³-hybridized carbons (Fsp3) is 0.533. The van der Waals surface area contributed by atoms with Crippen LogP contribution in [0.2, 0.25) is 0 Å². The molecule has 1 amide bonds. The van der Waals surface area contributed by atoms with E-state index >= 15 is 0 Å².